The fourth-order valence-corrected chi connectivity index (χ4v) is 2.39. The van der Waals surface area contributed by atoms with Gasteiger partial charge in [0.25, 0.3) is 11.8 Å². The van der Waals surface area contributed by atoms with Gasteiger partial charge in [-0.25, -0.2) is 9.78 Å². The Labute approximate surface area is 156 Å². The summed E-state index contributed by atoms with van der Waals surface area (Å²) < 4.78 is 5.54. The van der Waals surface area contributed by atoms with E-state index in [2.05, 4.69) is 10.3 Å². The molecule has 0 spiro atoms. The van der Waals surface area contributed by atoms with E-state index in [0.717, 1.165) is 0 Å². The highest BCUT2D eigenvalue weighted by Crippen LogP contribution is 2.27. The van der Waals surface area contributed by atoms with E-state index in [9.17, 15) is 14.4 Å². The molecule has 0 fully saturated rings. The molecule has 0 aliphatic carbocycles. The number of carboxylic acid groups (broad SMARTS) is 1. The van der Waals surface area contributed by atoms with E-state index in [0.29, 0.717) is 23.6 Å². The number of pyridine rings is 1. The quantitative estimate of drug-likeness (QED) is 0.807. The molecule has 27 heavy (non-hydrogen) atoms. The number of aromatic nitrogens is 1. The smallest absolute Gasteiger partial charge is 0.337 e. The van der Waals surface area contributed by atoms with E-state index in [1.807, 2.05) is 0 Å². The molecular formula is C19H21N3O5. The Morgan fingerprint density at radius 2 is 1.89 bits per heavy atom. The second kappa shape index (κ2) is 8.31. The Morgan fingerprint density at radius 1 is 1.19 bits per heavy atom. The van der Waals surface area contributed by atoms with Gasteiger partial charge in [0.05, 0.1) is 23.6 Å². The van der Waals surface area contributed by atoms with Gasteiger partial charge in [-0.2, -0.15) is 0 Å². The highest BCUT2D eigenvalue weighted by Gasteiger charge is 2.17. The van der Waals surface area contributed by atoms with Crippen molar-refractivity contribution in [2.24, 2.45) is 0 Å². The normalized spacial score (nSPS) is 10.2. The summed E-state index contributed by atoms with van der Waals surface area (Å²) in [5, 5.41) is 11.7. The first-order chi connectivity index (χ1) is 12.7. The molecule has 2 aromatic rings. The number of ether oxygens (including phenoxy) is 1. The van der Waals surface area contributed by atoms with Crippen molar-refractivity contribution in [2.75, 3.05) is 26.0 Å². The SMILES string of the molecule is CCOc1cc(C(=O)N(C)C)ccc1NC(=O)c1ccc(C(=O)O)c(C)n1. The van der Waals surface area contributed by atoms with Crippen LogP contribution in [0.25, 0.3) is 0 Å². The number of carboxylic acids is 1. The van der Waals surface area contributed by atoms with Crippen molar-refractivity contribution in [3.05, 3.63) is 52.8 Å². The van der Waals surface area contributed by atoms with Gasteiger partial charge < -0.3 is 20.1 Å². The molecule has 0 atom stereocenters. The maximum absolute atomic E-state index is 12.5. The number of nitrogens with zero attached hydrogens (tertiary/aromatic N) is 2. The molecule has 1 aromatic carbocycles. The van der Waals surface area contributed by atoms with Gasteiger partial charge >= 0.3 is 5.97 Å². The van der Waals surface area contributed by atoms with E-state index < -0.39 is 11.9 Å². The van der Waals surface area contributed by atoms with Crippen LogP contribution in [0.3, 0.4) is 0 Å². The third kappa shape index (κ3) is 4.60. The minimum atomic E-state index is -1.10. The van der Waals surface area contributed by atoms with E-state index in [1.165, 1.54) is 24.0 Å². The number of aryl methyl sites for hydroxylation is 1. The number of aromatic carboxylic acids is 1. The van der Waals surface area contributed by atoms with Crippen molar-refractivity contribution in [3.63, 3.8) is 0 Å². The Morgan fingerprint density at radius 3 is 2.44 bits per heavy atom. The van der Waals surface area contributed by atoms with Crippen LogP contribution in [0.15, 0.2) is 30.3 Å². The van der Waals surface area contributed by atoms with Gasteiger partial charge in [-0.15, -0.1) is 0 Å². The molecule has 0 saturated heterocycles. The number of rotatable bonds is 6. The second-order valence-corrected chi connectivity index (χ2v) is 5.93. The monoisotopic (exact) mass is 371 g/mol. The third-order valence-corrected chi connectivity index (χ3v) is 3.73. The summed E-state index contributed by atoms with van der Waals surface area (Å²) in [5.41, 5.74) is 1.17. The molecule has 1 aromatic heterocycles. The summed E-state index contributed by atoms with van der Waals surface area (Å²) in [5.74, 6) is -1.44. The predicted molar refractivity (Wildman–Crippen MR) is 99.5 cm³/mol. The first-order valence-corrected chi connectivity index (χ1v) is 8.25. The minimum absolute atomic E-state index is 0.0353. The first-order valence-electron chi connectivity index (χ1n) is 8.25. The summed E-state index contributed by atoms with van der Waals surface area (Å²) in [6.45, 7) is 3.67. The van der Waals surface area contributed by atoms with Crippen LogP contribution in [0.2, 0.25) is 0 Å². The minimum Gasteiger partial charge on any atom is -0.492 e. The standard InChI is InChI=1S/C19H21N3O5/c1-5-27-16-10-12(18(24)22(3)4)6-8-14(16)21-17(23)15-9-7-13(19(25)26)11(2)20-15/h6-10H,5H2,1-4H3,(H,21,23)(H,25,26). The summed E-state index contributed by atoms with van der Waals surface area (Å²) >= 11 is 0. The Kier molecular flexibility index (Phi) is 6.12. The molecule has 0 aliphatic heterocycles. The van der Waals surface area contributed by atoms with Crippen molar-refractivity contribution in [1.82, 2.24) is 9.88 Å². The van der Waals surface area contributed by atoms with Crippen molar-refractivity contribution in [3.8, 4) is 5.75 Å². The highest BCUT2D eigenvalue weighted by molar-refractivity contribution is 6.04. The van der Waals surface area contributed by atoms with Crippen LogP contribution in [-0.4, -0.2) is 53.5 Å². The van der Waals surface area contributed by atoms with Gasteiger partial charge in [0, 0.05) is 19.7 Å². The first kappa shape index (κ1) is 19.9. The topological polar surface area (TPSA) is 109 Å². The van der Waals surface area contributed by atoms with E-state index in [-0.39, 0.29) is 22.9 Å². The molecule has 0 bridgehead atoms. The van der Waals surface area contributed by atoms with Gasteiger partial charge in [0.1, 0.15) is 11.4 Å². The third-order valence-electron chi connectivity index (χ3n) is 3.73. The average molecular weight is 371 g/mol. The molecule has 2 rings (SSSR count). The van der Waals surface area contributed by atoms with Crippen LogP contribution in [-0.2, 0) is 0 Å². The maximum atomic E-state index is 12.5. The van der Waals surface area contributed by atoms with Crippen LogP contribution in [0.4, 0.5) is 5.69 Å². The van der Waals surface area contributed by atoms with Crippen molar-refractivity contribution >= 4 is 23.5 Å². The zero-order valence-electron chi connectivity index (χ0n) is 15.6. The molecule has 2 amide bonds. The number of hydrogen-bond acceptors (Lipinski definition) is 5. The lowest BCUT2D eigenvalue weighted by Gasteiger charge is -2.15. The highest BCUT2D eigenvalue weighted by atomic mass is 16.5. The number of hydrogen-bond donors (Lipinski definition) is 2. The molecular weight excluding hydrogens is 350 g/mol. The molecule has 1 heterocycles. The number of benzene rings is 1. The number of nitrogens with one attached hydrogen (secondary N) is 1. The van der Waals surface area contributed by atoms with Gasteiger partial charge in [0.15, 0.2) is 0 Å². The number of carbonyl (C=O) groups is 3. The lowest BCUT2D eigenvalue weighted by atomic mass is 10.1. The molecule has 142 valence electrons. The van der Waals surface area contributed by atoms with Crippen LogP contribution in [0, 0.1) is 6.92 Å². The second-order valence-electron chi connectivity index (χ2n) is 5.93. The molecule has 0 unspecified atom stereocenters. The summed E-state index contributed by atoms with van der Waals surface area (Å²) in [7, 11) is 3.29. The van der Waals surface area contributed by atoms with Crippen LogP contribution < -0.4 is 10.1 Å². The van der Waals surface area contributed by atoms with Crippen LogP contribution in [0.5, 0.6) is 5.75 Å². The maximum Gasteiger partial charge on any atom is 0.337 e. The van der Waals surface area contributed by atoms with Crippen molar-refractivity contribution < 1.29 is 24.2 Å². The zero-order valence-corrected chi connectivity index (χ0v) is 15.6. The Balaban J connectivity index is 2.30. The van der Waals surface area contributed by atoms with Crippen LogP contribution in [0.1, 0.15) is 43.8 Å². The zero-order chi connectivity index (χ0) is 20.1. The fraction of sp³-hybridized carbons (Fsp3) is 0.263. The fourth-order valence-electron chi connectivity index (χ4n) is 2.39. The Hall–Kier alpha value is -3.42. The molecule has 0 aliphatic rings. The van der Waals surface area contributed by atoms with Crippen molar-refractivity contribution in [2.45, 2.75) is 13.8 Å². The summed E-state index contributed by atoms with van der Waals surface area (Å²) in [6, 6.07) is 7.41. The summed E-state index contributed by atoms with van der Waals surface area (Å²) in [4.78, 5) is 41.1. The molecule has 2 N–H and O–H groups in total. The largest absolute Gasteiger partial charge is 0.492 e. The van der Waals surface area contributed by atoms with E-state index in [4.69, 9.17) is 9.84 Å². The predicted octanol–water partition coefficient (Wildman–Crippen LogP) is 2.44. The lowest BCUT2D eigenvalue weighted by molar-refractivity contribution is 0.0694. The number of amides is 2. The summed E-state index contributed by atoms with van der Waals surface area (Å²) in [6.07, 6.45) is 0. The number of anilines is 1. The van der Waals surface area contributed by atoms with Crippen LogP contribution >= 0.6 is 0 Å². The number of carbonyl (C=O) groups excluding carboxylic acids is 2. The van der Waals surface area contributed by atoms with E-state index >= 15 is 0 Å². The molecule has 0 saturated carbocycles. The van der Waals surface area contributed by atoms with Crippen molar-refractivity contribution in [1.29, 1.82) is 0 Å². The van der Waals surface area contributed by atoms with E-state index in [1.54, 1.807) is 39.2 Å². The Bertz CT molecular complexity index is 893. The van der Waals surface area contributed by atoms with Gasteiger partial charge in [-0.1, -0.05) is 0 Å². The molecule has 0 radical (unpaired) electrons. The van der Waals surface area contributed by atoms with Gasteiger partial charge in [-0.3, -0.25) is 9.59 Å². The molecule has 8 nitrogen and oxygen atoms in total. The lowest BCUT2D eigenvalue weighted by Crippen LogP contribution is -2.22. The average Bonchev–Trinajstić information content (AvgIpc) is 2.62. The van der Waals surface area contributed by atoms with Gasteiger partial charge in [-0.05, 0) is 44.2 Å². The van der Waals surface area contributed by atoms with Gasteiger partial charge in [0.2, 0.25) is 0 Å². The molecule has 8 heteroatoms.